The third kappa shape index (κ3) is 3.58. The third-order valence-electron chi connectivity index (χ3n) is 5.36. The molecule has 3 N–H and O–H groups in total. The maximum absolute atomic E-state index is 14.2. The molecule has 0 aliphatic heterocycles. The molecule has 1 unspecified atom stereocenters. The number of aromatic amines is 2. The molecule has 5 nitrogen and oxygen atoms in total. The molecule has 0 aliphatic carbocycles. The number of imidazole rings is 1. The van der Waals surface area contributed by atoms with Gasteiger partial charge in [0, 0.05) is 23.2 Å². The van der Waals surface area contributed by atoms with Gasteiger partial charge < -0.3 is 19.8 Å². The van der Waals surface area contributed by atoms with E-state index in [0.717, 1.165) is 16.5 Å². The molecule has 0 saturated carbocycles. The van der Waals surface area contributed by atoms with E-state index in [1.54, 1.807) is 37.5 Å². The van der Waals surface area contributed by atoms with Crippen LogP contribution in [0.1, 0.15) is 18.2 Å². The van der Waals surface area contributed by atoms with Crippen LogP contribution >= 0.6 is 0 Å². The molecule has 154 valence electrons. The molecule has 1 atom stereocenters. The van der Waals surface area contributed by atoms with E-state index < -0.39 is 5.60 Å². The first-order valence-electron chi connectivity index (χ1n) is 9.89. The van der Waals surface area contributed by atoms with Crippen molar-refractivity contribution in [1.82, 2.24) is 15.0 Å². The smallest absolute Gasteiger partial charge is 0.150 e. The zero-order chi connectivity index (χ0) is 21.4. The summed E-state index contributed by atoms with van der Waals surface area (Å²) in [6, 6.07) is 21.7. The highest BCUT2D eigenvalue weighted by Gasteiger charge is 2.27. The monoisotopic (exact) mass is 413 g/mol. The van der Waals surface area contributed by atoms with Gasteiger partial charge in [0.15, 0.2) is 5.82 Å². The summed E-state index contributed by atoms with van der Waals surface area (Å²) in [6.45, 7) is 1.73. The molecule has 0 fully saturated rings. The van der Waals surface area contributed by atoms with Gasteiger partial charge in [-0.25, -0.2) is 9.37 Å². The Morgan fingerprint density at radius 3 is 2.65 bits per heavy atom. The van der Waals surface area contributed by atoms with Crippen molar-refractivity contribution < 1.29 is 14.2 Å². The van der Waals surface area contributed by atoms with Gasteiger partial charge in [0.05, 0.1) is 17.4 Å². The number of H-pyrrole nitrogens is 2. The molecule has 5 rings (SSSR count). The van der Waals surface area contributed by atoms with E-state index in [1.807, 2.05) is 48.5 Å². The van der Waals surface area contributed by atoms with Crippen molar-refractivity contribution in [2.45, 2.75) is 12.5 Å². The molecular weight excluding hydrogens is 393 g/mol. The van der Waals surface area contributed by atoms with Crippen LogP contribution in [0.25, 0.3) is 22.3 Å². The molecule has 0 spiro atoms. The van der Waals surface area contributed by atoms with Crippen LogP contribution in [-0.2, 0) is 5.60 Å². The predicted octanol–water partition coefficient (Wildman–Crippen LogP) is 5.75. The minimum Gasteiger partial charge on any atom is -0.457 e. The molecule has 0 aliphatic rings. The van der Waals surface area contributed by atoms with E-state index in [9.17, 15) is 9.50 Å². The SMILES string of the molecule is CC(O)(c1ccccc1)c1cnc(-c2cccc(Oc3cc(F)c4[nH]ccc4c3)c2)[nH]1. The van der Waals surface area contributed by atoms with Gasteiger partial charge in [0.2, 0.25) is 0 Å². The van der Waals surface area contributed by atoms with Gasteiger partial charge in [-0.2, -0.15) is 0 Å². The summed E-state index contributed by atoms with van der Waals surface area (Å²) >= 11 is 0. The lowest BCUT2D eigenvalue weighted by Crippen LogP contribution is -2.23. The van der Waals surface area contributed by atoms with Gasteiger partial charge in [0.1, 0.15) is 22.9 Å². The summed E-state index contributed by atoms with van der Waals surface area (Å²) in [4.78, 5) is 10.5. The second-order valence-corrected chi connectivity index (χ2v) is 7.56. The number of hydrogen-bond donors (Lipinski definition) is 3. The highest BCUT2D eigenvalue weighted by molar-refractivity contribution is 5.81. The first-order chi connectivity index (χ1) is 15.0. The molecule has 0 saturated heterocycles. The normalized spacial score (nSPS) is 13.3. The van der Waals surface area contributed by atoms with Crippen LogP contribution in [0.4, 0.5) is 4.39 Å². The number of aliphatic hydroxyl groups is 1. The Balaban J connectivity index is 1.43. The maximum Gasteiger partial charge on any atom is 0.150 e. The molecule has 0 radical (unpaired) electrons. The van der Waals surface area contributed by atoms with Gasteiger partial charge in [-0.3, -0.25) is 0 Å². The fraction of sp³-hybridized carbons (Fsp3) is 0.0800. The number of rotatable bonds is 5. The Morgan fingerprint density at radius 1 is 0.968 bits per heavy atom. The largest absolute Gasteiger partial charge is 0.457 e. The molecule has 0 bridgehead atoms. The summed E-state index contributed by atoms with van der Waals surface area (Å²) in [5.41, 5.74) is 1.39. The number of hydrogen-bond acceptors (Lipinski definition) is 3. The van der Waals surface area contributed by atoms with Gasteiger partial charge in [-0.15, -0.1) is 0 Å². The minimum absolute atomic E-state index is 0.368. The Morgan fingerprint density at radius 2 is 1.81 bits per heavy atom. The van der Waals surface area contributed by atoms with Gasteiger partial charge in [-0.05, 0) is 36.8 Å². The number of halogens is 1. The number of ether oxygens (including phenoxy) is 1. The molecular formula is C25H20FN3O2. The highest BCUT2D eigenvalue weighted by Crippen LogP contribution is 2.32. The summed E-state index contributed by atoms with van der Waals surface area (Å²) in [5, 5.41) is 11.8. The van der Waals surface area contributed by atoms with Crippen molar-refractivity contribution in [3.63, 3.8) is 0 Å². The average molecular weight is 413 g/mol. The highest BCUT2D eigenvalue weighted by atomic mass is 19.1. The van der Waals surface area contributed by atoms with Crippen molar-refractivity contribution in [2.75, 3.05) is 0 Å². The van der Waals surface area contributed by atoms with Gasteiger partial charge >= 0.3 is 0 Å². The summed E-state index contributed by atoms with van der Waals surface area (Å²) in [6.07, 6.45) is 3.32. The zero-order valence-corrected chi connectivity index (χ0v) is 16.8. The third-order valence-corrected chi connectivity index (χ3v) is 5.36. The average Bonchev–Trinajstić information content (AvgIpc) is 3.45. The molecule has 6 heteroatoms. The predicted molar refractivity (Wildman–Crippen MR) is 117 cm³/mol. The van der Waals surface area contributed by atoms with Crippen LogP contribution in [0.3, 0.4) is 0 Å². The van der Waals surface area contributed by atoms with Crippen LogP contribution < -0.4 is 4.74 Å². The summed E-state index contributed by atoms with van der Waals surface area (Å²) < 4.78 is 20.1. The number of aromatic nitrogens is 3. The van der Waals surface area contributed by atoms with Crippen molar-refractivity contribution in [3.8, 4) is 22.9 Å². The van der Waals surface area contributed by atoms with Crippen molar-refractivity contribution >= 4 is 10.9 Å². The van der Waals surface area contributed by atoms with Gasteiger partial charge in [-0.1, -0.05) is 42.5 Å². The zero-order valence-electron chi connectivity index (χ0n) is 16.8. The van der Waals surface area contributed by atoms with Crippen molar-refractivity contribution in [1.29, 1.82) is 0 Å². The second-order valence-electron chi connectivity index (χ2n) is 7.56. The lowest BCUT2D eigenvalue weighted by molar-refractivity contribution is 0.0979. The summed E-state index contributed by atoms with van der Waals surface area (Å²) in [7, 11) is 0. The molecule has 2 aromatic heterocycles. The lowest BCUT2D eigenvalue weighted by atomic mass is 9.93. The number of fused-ring (bicyclic) bond motifs is 1. The second kappa shape index (κ2) is 7.41. The first-order valence-corrected chi connectivity index (χ1v) is 9.89. The molecule has 5 aromatic rings. The van der Waals surface area contributed by atoms with E-state index in [-0.39, 0.29) is 5.82 Å². The topological polar surface area (TPSA) is 73.9 Å². The maximum atomic E-state index is 14.2. The van der Waals surface area contributed by atoms with Crippen LogP contribution in [0.15, 0.2) is 85.2 Å². The number of nitrogens with one attached hydrogen (secondary N) is 2. The molecule has 3 aromatic carbocycles. The van der Waals surface area contributed by atoms with Crippen LogP contribution in [0.5, 0.6) is 11.5 Å². The van der Waals surface area contributed by atoms with Crippen LogP contribution in [-0.4, -0.2) is 20.1 Å². The van der Waals surface area contributed by atoms with E-state index in [1.165, 1.54) is 6.07 Å². The van der Waals surface area contributed by atoms with E-state index in [2.05, 4.69) is 15.0 Å². The Hall–Kier alpha value is -3.90. The molecule has 2 heterocycles. The Kier molecular flexibility index (Phi) is 4.56. The molecule has 31 heavy (non-hydrogen) atoms. The van der Waals surface area contributed by atoms with E-state index in [4.69, 9.17) is 4.74 Å². The van der Waals surface area contributed by atoms with Gasteiger partial charge in [0.25, 0.3) is 0 Å². The van der Waals surface area contributed by atoms with Crippen LogP contribution in [0.2, 0.25) is 0 Å². The van der Waals surface area contributed by atoms with Crippen molar-refractivity contribution in [2.24, 2.45) is 0 Å². The van der Waals surface area contributed by atoms with E-state index in [0.29, 0.717) is 28.5 Å². The van der Waals surface area contributed by atoms with E-state index >= 15 is 0 Å². The van der Waals surface area contributed by atoms with Crippen LogP contribution in [0, 0.1) is 5.82 Å². The Bertz CT molecular complexity index is 1360. The Labute approximate surface area is 178 Å². The standard InChI is InChI=1S/C25H20FN3O2/c1-25(30,18-7-3-2-4-8-18)22-15-28-24(29-22)17-6-5-9-19(13-17)31-20-12-16-10-11-27-23(16)21(26)14-20/h2-15,27,30H,1H3,(H,28,29). The fourth-order valence-electron chi connectivity index (χ4n) is 3.64. The molecule has 0 amide bonds. The summed E-state index contributed by atoms with van der Waals surface area (Å²) in [5.74, 6) is 1.20. The first kappa shape index (κ1) is 19.1. The van der Waals surface area contributed by atoms with Crippen molar-refractivity contribution in [3.05, 3.63) is 102 Å². The minimum atomic E-state index is -1.20. The fourth-order valence-corrected chi connectivity index (χ4v) is 3.64. The number of benzene rings is 3. The lowest BCUT2D eigenvalue weighted by Gasteiger charge is -2.22. The quantitative estimate of drug-likeness (QED) is 0.344. The number of nitrogens with zero attached hydrogens (tertiary/aromatic N) is 1.